The van der Waals surface area contributed by atoms with Gasteiger partial charge in [0.05, 0.1) is 34.1 Å². The molecule has 232 valence electrons. The second kappa shape index (κ2) is 11.9. The van der Waals surface area contributed by atoms with E-state index in [4.69, 9.17) is 48.7 Å². The topological polar surface area (TPSA) is 129 Å². The number of fused-ring (bicyclic) bond motifs is 1. The highest BCUT2D eigenvalue weighted by molar-refractivity contribution is 6.42. The third-order valence-electron chi connectivity index (χ3n) is 8.23. The molecule has 16 heteroatoms. The first kappa shape index (κ1) is 35.8. The highest BCUT2D eigenvalue weighted by Crippen LogP contribution is 2.41. The van der Waals surface area contributed by atoms with Gasteiger partial charge >= 0.3 is 0 Å². The van der Waals surface area contributed by atoms with E-state index in [2.05, 4.69) is 10.2 Å². The molecule has 4 rings (SSSR count). The molecule has 2 aliphatic heterocycles. The first-order valence-electron chi connectivity index (χ1n) is 14.4. The largest absolute Gasteiger partial charge is 0.502 e. The number of nitrogens with zero attached hydrogens (tertiary/aromatic N) is 2. The van der Waals surface area contributed by atoms with Crippen molar-refractivity contribution < 1.29 is 38.5 Å². The first-order chi connectivity index (χ1) is 21.0. The van der Waals surface area contributed by atoms with Crippen LogP contribution in [-0.4, -0.2) is 125 Å². The van der Waals surface area contributed by atoms with Crippen molar-refractivity contribution in [3.8, 4) is 5.75 Å². The molecular weight excluding hydrogens is 587 g/mol. The molecule has 2 amide bonds. The second-order valence-corrected chi connectivity index (χ2v) is 13.2. The van der Waals surface area contributed by atoms with Gasteiger partial charge in [-0.15, -0.1) is 0 Å². The number of morpholine rings is 1. The van der Waals surface area contributed by atoms with Gasteiger partial charge in [0.2, 0.25) is 5.91 Å². The highest BCUT2D eigenvalue weighted by Gasteiger charge is 2.62. The lowest BCUT2D eigenvalue weighted by Gasteiger charge is -2.52. The van der Waals surface area contributed by atoms with E-state index in [0.29, 0.717) is 23.6 Å². The zero-order chi connectivity index (χ0) is 34.7. The van der Waals surface area contributed by atoms with Gasteiger partial charge in [-0.2, -0.15) is 0 Å². The quantitative estimate of drug-likeness (QED) is 0.233. The van der Waals surface area contributed by atoms with Gasteiger partial charge in [-0.3, -0.25) is 14.5 Å². The molecule has 10 nitrogen and oxygen atoms in total. The number of rotatable bonds is 10. The van der Waals surface area contributed by atoms with E-state index in [1.807, 2.05) is 27.7 Å². The molecule has 46 heavy (non-hydrogen) atoms. The van der Waals surface area contributed by atoms with Crippen molar-refractivity contribution in [3.05, 3.63) is 64.5 Å². The first-order valence-corrected chi connectivity index (χ1v) is 14.4. The summed E-state index contributed by atoms with van der Waals surface area (Å²) in [4.78, 5) is 40.8. The molecule has 2 aromatic carbocycles. The van der Waals surface area contributed by atoms with Crippen molar-refractivity contribution >= 4 is 57.3 Å². The van der Waals surface area contributed by atoms with E-state index in [9.17, 15) is 24.6 Å². The average Bonchev–Trinajstić information content (AvgIpc) is 3.28. The summed E-state index contributed by atoms with van der Waals surface area (Å²) in [5, 5.41) is 21.3. The number of carbonyl (C=O) groups is 3. The standard InChI is InChI=1S/C30H33B5FN3O7/c1-25(2)14-38(15-26(3,4)46-25)12-17-8-6-10-20(22(17)36)29(33,34)45-21-11-7-9-18-19(21)13-39(23(18)41)28(32,24(42)37-5)30(35,44)27(31,43)16-40/h6-11,16,43-44H,12-15H2,1-5H3,(H,37,42). The minimum atomic E-state index is -3.40. The van der Waals surface area contributed by atoms with Gasteiger partial charge in [0.15, 0.2) is 0 Å². The number of likely N-dealkylation sites (N-methyl/N-ethyl adjacent to an activating group) is 1. The van der Waals surface area contributed by atoms with Crippen LogP contribution < -0.4 is 10.1 Å². The number of halogens is 1. The van der Waals surface area contributed by atoms with Gasteiger partial charge < -0.3 is 34.7 Å². The Morgan fingerprint density at radius 2 is 1.65 bits per heavy atom. The van der Waals surface area contributed by atoms with Crippen molar-refractivity contribution in [3.63, 3.8) is 0 Å². The van der Waals surface area contributed by atoms with Crippen LogP contribution in [0.2, 0.25) is 0 Å². The van der Waals surface area contributed by atoms with Crippen LogP contribution in [-0.2, 0) is 32.8 Å². The van der Waals surface area contributed by atoms with Crippen LogP contribution >= 0.6 is 0 Å². The van der Waals surface area contributed by atoms with Crippen molar-refractivity contribution in [1.29, 1.82) is 0 Å². The number of nitrogens with one attached hydrogen (secondary N) is 1. The minimum Gasteiger partial charge on any atom is -0.502 e. The summed E-state index contributed by atoms with van der Waals surface area (Å²) in [6.07, 6.45) is -0.319. The normalized spacial score (nSPS) is 21.7. The number of hydrogen-bond acceptors (Lipinski definition) is 8. The maximum Gasteiger partial charge on any atom is 0.254 e. The molecule has 3 atom stereocenters. The molecule has 3 unspecified atom stereocenters. The summed E-state index contributed by atoms with van der Waals surface area (Å²) in [5.74, 6) is -2.98. The van der Waals surface area contributed by atoms with Crippen molar-refractivity contribution in [2.24, 2.45) is 0 Å². The van der Waals surface area contributed by atoms with E-state index in [-0.39, 0.29) is 35.3 Å². The zero-order valence-electron chi connectivity index (χ0n) is 26.5. The molecule has 2 aromatic rings. The number of hydrogen-bond donors (Lipinski definition) is 3. The second-order valence-electron chi connectivity index (χ2n) is 13.2. The molecule has 2 aliphatic rings. The summed E-state index contributed by atoms with van der Waals surface area (Å²) in [6, 6.07) is 8.77. The van der Waals surface area contributed by atoms with E-state index in [1.165, 1.54) is 24.3 Å². The van der Waals surface area contributed by atoms with E-state index in [1.54, 1.807) is 12.1 Å². The fourth-order valence-corrected chi connectivity index (χ4v) is 6.31. The van der Waals surface area contributed by atoms with Gasteiger partial charge in [-0.25, -0.2) is 4.39 Å². The van der Waals surface area contributed by atoms with Crippen LogP contribution in [0, 0.1) is 5.82 Å². The average molecular weight is 621 g/mol. The molecule has 0 aliphatic carbocycles. The summed E-state index contributed by atoms with van der Waals surface area (Å²) in [7, 11) is 31.4. The van der Waals surface area contributed by atoms with Crippen LogP contribution in [0.1, 0.15) is 54.7 Å². The highest BCUT2D eigenvalue weighted by atomic mass is 19.1. The van der Waals surface area contributed by atoms with Crippen LogP contribution in [0.15, 0.2) is 36.4 Å². The molecule has 3 N–H and O–H groups in total. The Kier molecular flexibility index (Phi) is 9.24. The van der Waals surface area contributed by atoms with Gasteiger partial charge in [0.1, 0.15) is 62.5 Å². The lowest BCUT2D eigenvalue weighted by atomic mass is 9.45. The third kappa shape index (κ3) is 6.16. The smallest absolute Gasteiger partial charge is 0.254 e. The maximum absolute atomic E-state index is 16.0. The molecule has 0 bridgehead atoms. The Bertz CT molecular complexity index is 1540. The van der Waals surface area contributed by atoms with Crippen molar-refractivity contribution in [2.45, 2.75) is 73.8 Å². The van der Waals surface area contributed by atoms with E-state index >= 15 is 4.39 Å². The molecule has 1 saturated heterocycles. The van der Waals surface area contributed by atoms with Gasteiger partial charge in [0, 0.05) is 48.9 Å². The van der Waals surface area contributed by atoms with Gasteiger partial charge in [-0.1, -0.05) is 24.3 Å². The molecule has 0 saturated carbocycles. The van der Waals surface area contributed by atoms with E-state index in [0.717, 1.165) is 7.05 Å². The molecular formula is C30H33B5FN3O7. The van der Waals surface area contributed by atoms with Crippen LogP contribution in [0.3, 0.4) is 0 Å². The summed E-state index contributed by atoms with van der Waals surface area (Å²) in [6.45, 7) is 8.66. The fourth-order valence-electron chi connectivity index (χ4n) is 6.31. The van der Waals surface area contributed by atoms with Crippen LogP contribution in [0.5, 0.6) is 5.75 Å². The predicted molar refractivity (Wildman–Crippen MR) is 171 cm³/mol. The van der Waals surface area contributed by atoms with Gasteiger partial charge in [-0.05, 0) is 39.8 Å². The minimum absolute atomic E-state index is 0.0683. The number of amides is 2. The van der Waals surface area contributed by atoms with E-state index < -0.39 is 57.2 Å². The predicted octanol–water partition coefficient (Wildman–Crippen LogP) is -0.779. The number of aldehydes is 1. The molecule has 10 radical (unpaired) electrons. The van der Waals surface area contributed by atoms with Crippen LogP contribution in [0.4, 0.5) is 4.39 Å². The van der Waals surface area contributed by atoms with Crippen LogP contribution in [0.25, 0.3) is 0 Å². The number of benzene rings is 2. The summed E-state index contributed by atoms with van der Waals surface area (Å²) in [5.41, 5.74) is -10.4. The Hall–Kier alpha value is -3.06. The Balaban J connectivity index is 1.67. The van der Waals surface area contributed by atoms with Gasteiger partial charge in [0.25, 0.3) is 5.91 Å². The zero-order valence-corrected chi connectivity index (χ0v) is 26.5. The molecule has 0 spiro atoms. The summed E-state index contributed by atoms with van der Waals surface area (Å²) >= 11 is 0. The summed E-state index contributed by atoms with van der Waals surface area (Å²) < 4.78 is 28.1. The third-order valence-corrected chi connectivity index (χ3v) is 8.23. The Morgan fingerprint density at radius 1 is 1.07 bits per heavy atom. The monoisotopic (exact) mass is 621 g/mol. The molecule has 0 aromatic heterocycles. The number of ether oxygens (including phenoxy) is 2. The van der Waals surface area contributed by atoms with Crippen molar-refractivity contribution in [2.75, 3.05) is 20.1 Å². The SMILES string of the molecule is [B]C([B])(Oc1cccc2c1CN(C([B])(C(=O)NC)C([B])(O)C([B])(O)C=O)C2=O)c1cccc(CN2CC(C)(C)OC(C)(C)C2)c1F. The molecule has 1 fully saturated rings. The Morgan fingerprint density at radius 3 is 2.22 bits per heavy atom. The molecule has 2 heterocycles. The fraction of sp³-hybridized carbons (Fsp3) is 0.500. The maximum atomic E-state index is 16.0. The lowest BCUT2D eigenvalue weighted by Crippen LogP contribution is -2.79. The number of carbonyl (C=O) groups excluding carboxylic acids is 3. The van der Waals surface area contributed by atoms with Crippen molar-refractivity contribution in [1.82, 2.24) is 15.1 Å². The number of aliphatic hydroxyl groups is 2. The Labute approximate surface area is 274 Å². The lowest BCUT2D eigenvalue weighted by molar-refractivity contribution is -0.182.